The van der Waals surface area contributed by atoms with E-state index in [2.05, 4.69) is 5.10 Å². The van der Waals surface area contributed by atoms with E-state index in [1.165, 1.54) is 0 Å². The van der Waals surface area contributed by atoms with Crippen molar-refractivity contribution in [3.8, 4) is 0 Å². The molecular formula is C15H23N3O4S. The molecule has 3 heterocycles. The number of rotatable bonds is 5. The van der Waals surface area contributed by atoms with Crippen LogP contribution in [0.15, 0.2) is 18.5 Å². The monoisotopic (exact) mass is 341 g/mol. The van der Waals surface area contributed by atoms with Gasteiger partial charge in [0.25, 0.3) is 0 Å². The van der Waals surface area contributed by atoms with Crippen LogP contribution in [0.1, 0.15) is 31.7 Å². The van der Waals surface area contributed by atoms with Gasteiger partial charge in [0, 0.05) is 32.1 Å². The predicted octanol–water partition coefficient (Wildman–Crippen LogP) is 0.640. The highest BCUT2D eigenvalue weighted by molar-refractivity contribution is 7.92. The maximum atomic E-state index is 12.4. The molecule has 7 nitrogen and oxygen atoms in total. The molecule has 128 valence electrons. The lowest BCUT2D eigenvalue weighted by atomic mass is 10.1. The Morgan fingerprint density at radius 1 is 1.30 bits per heavy atom. The lowest BCUT2D eigenvalue weighted by Crippen LogP contribution is -2.44. The molecule has 1 amide bonds. The van der Waals surface area contributed by atoms with Gasteiger partial charge in [-0.25, -0.2) is 8.42 Å². The fourth-order valence-electron chi connectivity index (χ4n) is 3.29. The smallest absolute Gasteiger partial charge is 0.237 e. The van der Waals surface area contributed by atoms with Crippen molar-refractivity contribution in [1.29, 1.82) is 0 Å². The number of ether oxygens (including phenoxy) is 1. The average molecular weight is 341 g/mol. The Morgan fingerprint density at radius 2 is 2.17 bits per heavy atom. The van der Waals surface area contributed by atoms with Crippen molar-refractivity contribution < 1.29 is 17.9 Å². The summed E-state index contributed by atoms with van der Waals surface area (Å²) in [6, 6.07) is 1.98. The molecule has 0 radical (unpaired) electrons. The van der Waals surface area contributed by atoms with Gasteiger partial charge < -0.3 is 9.64 Å². The fourth-order valence-corrected chi connectivity index (χ4v) is 4.80. The summed E-state index contributed by atoms with van der Waals surface area (Å²) < 4.78 is 31.6. The minimum absolute atomic E-state index is 0.0465. The van der Waals surface area contributed by atoms with Gasteiger partial charge in [0.2, 0.25) is 5.91 Å². The second kappa shape index (κ2) is 7.00. The third-order valence-electron chi connectivity index (χ3n) is 4.46. The lowest BCUT2D eigenvalue weighted by Gasteiger charge is -2.32. The van der Waals surface area contributed by atoms with E-state index in [9.17, 15) is 13.2 Å². The topological polar surface area (TPSA) is 81.5 Å². The molecule has 2 atom stereocenters. The van der Waals surface area contributed by atoms with Gasteiger partial charge in [-0.1, -0.05) is 0 Å². The second-order valence-electron chi connectivity index (χ2n) is 6.31. The summed E-state index contributed by atoms with van der Waals surface area (Å²) >= 11 is 0. The number of hydrogen-bond acceptors (Lipinski definition) is 5. The molecule has 23 heavy (non-hydrogen) atoms. The molecule has 1 aromatic heterocycles. The SMILES string of the molecule is O=C(CS(=O)(=O)C[C@H]1CCCO1)N1CCC[C@H](n2cccn2)C1. The molecule has 0 N–H and O–H groups in total. The van der Waals surface area contributed by atoms with Crippen molar-refractivity contribution >= 4 is 15.7 Å². The first-order valence-electron chi connectivity index (χ1n) is 8.12. The predicted molar refractivity (Wildman–Crippen MR) is 84.7 cm³/mol. The number of likely N-dealkylation sites (tertiary alicyclic amines) is 1. The zero-order valence-electron chi connectivity index (χ0n) is 13.1. The van der Waals surface area contributed by atoms with E-state index in [1.54, 1.807) is 11.1 Å². The summed E-state index contributed by atoms with van der Waals surface area (Å²) in [6.07, 6.45) is 6.83. The molecule has 0 saturated carbocycles. The molecule has 2 saturated heterocycles. The number of hydrogen-bond donors (Lipinski definition) is 0. The van der Waals surface area contributed by atoms with Crippen LogP contribution in [0.2, 0.25) is 0 Å². The first-order chi connectivity index (χ1) is 11.0. The molecule has 2 fully saturated rings. The standard InChI is InChI=1S/C15H23N3O4S/c19-15(12-23(20,21)11-14-5-2-9-22-14)17-7-1-4-13(10-17)18-8-3-6-16-18/h3,6,8,13-14H,1-2,4-5,7,9-12H2/t13-,14+/m0/s1. The van der Waals surface area contributed by atoms with Crippen LogP contribution in [0.5, 0.6) is 0 Å². The number of carbonyl (C=O) groups excluding carboxylic acids is 1. The van der Waals surface area contributed by atoms with E-state index >= 15 is 0 Å². The third kappa shape index (κ3) is 4.32. The maximum Gasteiger partial charge on any atom is 0.237 e. The maximum absolute atomic E-state index is 12.4. The van der Waals surface area contributed by atoms with E-state index < -0.39 is 15.6 Å². The van der Waals surface area contributed by atoms with Gasteiger partial charge in [0.15, 0.2) is 9.84 Å². The Hall–Kier alpha value is -1.41. The Morgan fingerprint density at radius 3 is 2.87 bits per heavy atom. The zero-order valence-corrected chi connectivity index (χ0v) is 14.0. The quantitative estimate of drug-likeness (QED) is 0.785. The van der Waals surface area contributed by atoms with Crippen molar-refractivity contribution in [2.45, 2.75) is 37.8 Å². The van der Waals surface area contributed by atoms with Crippen LogP contribution in [0.25, 0.3) is 0 Å². The molecule has 0 aliphatic carbocycles. The van der Waals surface area contributed by atoms with E-state index in [1.807, 2.05) is 16.9 Å². The average Bonchev–Trinajstić information content (AvgIpc) is 3.19. The minimum Gasteiger partial charge on any atom is -0.377 e. The Labute approximate surface area is 136 Å². The molecule has 8 heteroatoms. The normalized spacial score (nSPS) is 25.7. The Balaban J connectivity index is 1.56. The van der Waals surface area contributed by atoms with Gasteiger partial charge in [-0.15, -0.1) is 0 Å². The van der Waals surface area contributed by atoms with E-state index in [0.717, 1.165) is 25.7 Å². The molecule has 0 unspecified atom stereocenters. The summed E-state index contributed by atoms with van der Waals surface area (Å²) in [4.78, 5) is 14.0. The molecule has 0 spiro atoms. The van der Waals surface area contributed by atoms with Crippen molar-refractivity contribution in [3.05, 3.63) is 18.5 Å². The van der Waals surface area contributed by atoms with Gasteiger partial charge in [-0.3, -0.25) is 9.48 Å². The number of amides is 1. The van der Waals surface area contributed by atoms with Crippen LogP contribution < -0.4 is 0 Å². The summed E-state index contributed by atoms with van der Waals surface area (Å²) in [6.45, 7) is 1.76. The van der Waals surface area contributed by atoms with Crippen LogP contribution in [-0.2, 0) is 19.4 Å². The number of sulfone groups is 1. The molecule has 2 aliphatic heterocycles. The van der Waals surface area contributed by atoms with Gasteiger partial charge in [-0.05, 0) is 31.7 Å². The van der Waals surface area contributed by atoms with Crippen molar-refractivity contribution in [2.24, 2.45) is 0 Å². The fraction of sp³-hybridized carbons (Fsp3) is 0.733. The molecule has 1 aromatic rings. The summed E-state index contributed by atoms with van der Waals surface area (Å²) in [5.74, 6) is -0.770. The Bertz CT molecular complexity index is 623. The van der Waals surface area contributed by atoms with Crippen LogP contribution >= 0.6 is 0 Å². The molecule has 0 aromatic carbocycles. The highest BCUT2D eigenvalue weighted by Crippen LogP contribution is 2.21. The van der Waals surface area contributed by atoms with Crippen LogP contribution in [0.3, 0.4) is 0 Å². The number of carbonyl (C=O) groups is 1. The largest absolute Gasteiger partial charge is 0.377 e. The molecule has 0 bridgehead atoms. The first kappa shape index (κ1) is 16.4. The summed E-state index contributed by atoms with van der Waals surface area (Å²) in [5, 5.41) is 4.22. The molecular weight excluding hydrogens is 318 g/mol. The van der Waals surface area contributed by atoms with Gasteiger partial charge in [-0.2, -0.15) is 5.10 Å². The number of nitrogens with zero attached hydrogens (tertiary/aromatic N) is 3. The van der Waals surface area contributed by atoms with Gasteiger partial charge >= 0.3 is 0 Å². The van der Waals surface area contributed by atoms with Crippen LogP contribution in [0, 0.1) is 0 Å². The summed E-state index contributed by atoms with van der Waals surface area (Å²) in [5.41, 5.74) is 0. The van der Waals surface area contributed by atoms with Crippen LogP contribution in [-0.4, -0.2) is 66.3 Å². The number of aromatic nitrogens is 2. The third-order valence-corrected chi connectivity index (χ3v) is 6.02. The highest BCUT2D eigenvalue weighted by atomic mass is 32.2. The number of piperidine rings is 1. The first-order valence-corrected chi connectivity index (χ1v) is 9.94. The van der Waals surface area contributed by atoms with E-state index in [-0.39, 0.29) is 23.8 Å². The summed E-state index contributed by atoms with van der Waals surface area (Å²) in [7, 11) is -3.42. The van der Waals surface area contributed by atoms with Crippen molar-refractivity contribution in [1.82, 2.24) is 14.7 Å². The van der Waals surface area contributed by atoms with Gasteiger partial charge in [0.1, 0.15) is 5.75 Å². The second-order valence-corrected chi connectivity index (χ2v) is 8.42. The van der Waals surface area contributed by atoms with Crippen molar-refractivity contribution in [3.63, 3.8) is 0 Å². The van der Waals surface area contributed by atoms with Gasteiger partial charge in [0.05, 0.1) is 17.9 Å². The molecule has 2 aliphatic rings. The van der Waals surface area contributed by atoms with Crippen molar-refractivity contribution in [2.75, 3.05) is 31.2 Å². The van der Waals surface area contributed by atoms with E-state index in [4.69, 9.17) is 4.74 Å². The molecule has 3 rings (SSSR count). The highest BCUT2D eigenvalue weighted by Gasteiger charge is 2.30. The van der Waals surface area contributed by atoms with Crippen LogP contribution in [0.4, 0.5) is 0 Å². The zero-order chi connectivity index (χ0) is 16.3. The minimum atomic E-state index is -3.42. The Kier molecular flexibility index (Phi) is 5.01. The van der Waals surface area contributed by atoms with E-state index in [0.29, 0.717) is 19.7 Å². The lowest BCUT2D eigenvalue weighted by molar-refractivity contribution is -0.130.